The molecule has 1 atom stereocenters. The molecule has 1 aromatic rings. The minimum Gasteiger partial charge on any atom is -0.481 e. The highest BCUT2D eigenvalue weighted by molar-refractivity contribution is 7.09. The van der Waals surface area contributed by atoms with E-state index < -0.39 is 5.97 Å². The fourth-order valence-corrected chi connectivity index (χ4v) is 2.42. The molecular weight excluding hydrogens is 202 g/mol. The number of rotatable bonds is 3. The first kappa shape index (κ1) is 9.39. The highest BCUT2D eigenvalue weighted by atomic mass is 32.1. The summed E-state index contributed by atoms with van der Waals surface area (Å²) in [5.74, 6) is -0.744. The molecule has 2 heterocycles. The van der Waals surface area contributed by atoms with Crippen LogP contribution in [0.1, 0.15) is 19.3 Å². The zero-order chi connectivity index (χ0) is 9.97. The van der Waals surface area contributed by atoms with Gasteiger partial charge in [0.05, 0.1) is 6.42 Å². The summed E-state index contributed by atoms with van der Waals surface area (Å²) in [7, 11) is 0. The van der Waals surface area contributed by atoms with Gasteiger partial charge in [0.25, 0.3) is 0 Å². The van der Waals surface area contributed by atoms with E-state index in [4.69, 9.17) is 5.11 Å². The highest BCUT2D eigenvalue weighted by Gasteiger charge is 2.28. The third kappa shape index (κ3) is 1.84. The Bertz CT molecular complexity index is 314. The summed E-state index contributed by atoms with van der Waals surface area (Å²) in [6.07, 6.45) is 3.68. The Kier molecular flexibility index (Phi) is 2.62. The van der Waals surface area contributed by atoms with Gasteiger partial charge in [-0.05, 0) is 12.8 Å². The van der Waals surface area contributed by atoms with Crippen LogP contribution in [0.25, 0.3) is 0 Å². The maximum atomic E-state index is 10.6. The third-order valence-corrected chi connectivity index (χ3v) is 3.09. The number of hydrogen-bond acceptors (Lipinski definition) is 5. The van der Waals surface area contributed by atoms with Crippen LogP contribution >= 0.6 is 11.5 Å². The summed E-state index contributed by atoms with van der Waals surface area (Å²) >= 11 is 1.32. The van der Waals surface area contributed by atoms with Crippen LogP contribution in [0.3, 0.4) is 0 Å². The van der Waals surface area contributed by atoms with Gasteiger partial charge in [0.1, 0.15) is 6.33 Å². The largest absolute Gasteiger partial charge is 0.481 e. The number of carbonyl (C=O) groups is 1. The van der Waals surface area contributed by atoms with Crippen LogP contribution in [0.15, 0.2) is 6.33 Å². The smallest absolute Gasteiger partial charge is 0.305 e. The molecule has 5 nitrogen and oxygen atoms in total. The van der Waals surface area contributed by atoms with Crippen LogP contribution in [-0.2, 0) is 4.79 Å². The molecule has 0 radical (unpaired) electrons. The first-order chi connectivity index (χ1) is 6.77. The SMILES string of the molecule is O=C(O)CC1CCCN1c1ncns1. The van der Waals surface area contributed by atoms with Crippen molar-refractivity contribution in [3.8, 4) is 0 Å². The van der Waals surface area contributed by atoms with E-state index in [-0.39, 0.29) is 12.5 Å². The number of nitrogens with zero attached hydrogens (tertiary/aromatic N) is 3. The number of carboxylic acids is 1. The molecule has 2 rings (SSSR count). The lowest BCUT2D eigenvalue weighted by atomic mass is 10.1. The quantitative estimate of drug-likeness (QED) is 0.810. The van der Waals surface area contributed by atoms with Gasteiger partial charge in [-0.2, -0.15) is 4.37 Å². The predicted octanol–water partition coefficient (Wildman–Crippen LogP) is 0.982. The lowest BCUT2D eigenvalue weighted by Gasteiger charge is -2.21. The molecule has 0 aromatic carbocycles. The predicted molar refractivity (Wildman–Crippen MR) is 52.5 cm³/mol. The zero-order valence-electron chi connectivity index (χ0n) is 7.59. The maximum absolute atomic E-state index is 10.6. The van der Waals surface area contributed by atoms with Crippen molar-refractivity contribution in [3.05, 3.63) is 6.33 Å². The van der Waals surface area contributed by atoms with Crippen LogP contribution < -0.4 is 4.90 Å². The van der Waals surface area contributed by atoms with Crippen molar-refractivity contribution in [2.75, 3.05) is 11.4 Å². The molecule has 1 aliphatic rings. The molecule has 1 N–H and O–H groups in total. The Morgan fingerprint density at radius 2 is 2.64 bits per heavy atom. The first-order valence-corrected chi connectivity index (χ1v) is 5.30. The van der Waals surface area contributed by atoms with E-state index in [9.17, 15) is 4.79 Å². The van der Waals surface area contributed by atoms with Gasteiger partial charge in [0.2, 0.25) is 5.13 Å². The van der Waals surface area contributed by atoms with Gasteiger partial charge in [-0.25, -0.2) is 4.98 Å². The molecule has 1 aliphatic heterocycles. The molecule has 76 valence electrons. The van der Waals surface area contributed by atoms with Gasteiger partial charge >= 0.3 is 5.97 Å². The second-order valence-corrected chi connectivity index (χ2v) is 4.07. The summed E-state index contributed by atoms with van der Waals surface area (Å²) < 4.78 is 3.92. The standard InChI is InChI=1S/C8H11N3O2S/c12-7(13)4-6-2-1-3-11(6)8-9-5-10-14-8/h5-6H,1-4H2,(H,12,13). The van der Waals surface area contributed by atoms with Crippen LogP contribution in [0.5, 0.6) is 0 Å². The van der Waals surface area contributed by atoms with Crippen molar-refractivity contribution >= 4 is 22.6 Å². The van der Waals surface area contributed by atoms with Gasteiger partial charge in [0, 0.05) is 24.1 Å². The van der Waals surface area contributed by atoms with Gasteiger partial charge < -0.3 is 10.0 Å². The van der Waals surface area contributed by atoms with E-state index in [0.29, 0.717) is 0 Å². The molecule has 1 fully saturated rings. The van der Waals surface area contributed by atoms with E-state index in [1.807, 2.05) is 4.90 Å². The average molecular weight is 213 g/mol. The molecule has 14 heavy (non-hydrogen) atoms. The summed E-state index contributed by atoms with van der Waals surface area (Å²) in [4.78, 5) is 16.8. The summed E-state index contributed by atoms with van der Waals surface area (Å²) in [5.41, 5.74) is 0. The normalized spacial score (nSPS) is 21.4. The van der Waals surface area contributed by atoms with Crippen LogP contribution in [-0.4, -0.2) is 33.0 Å². The van der Waals surface area contributed by atoms with Crippen molar-refractivity contribution in [1.82, 2.24) is 9.36 Å². The highest BCUT2D eigenvalue weighted by Crippen LogP contribution is 2.27. The van der Waals surface area contributed by atoms with Crippen molar-refractivity contribution in [3.63, 3.8) is 0 Å². The molecule has 1 saturated heterocycles. The average Bonchev–Trinajstić information content (AvgIpc) is 2.70. The first-order valence-electron chi connectivity index (χ1n) is 4.52. The Balaban J connectivity index is 2.07. The lowest BCUT2D eigenvalue weighted by molar-refractivity contribution is -0.137. The molecule has 0 spiro atoms. The van der Waals surface area contributed by atoms with Gasteiger partial charge in [-0.15, -0.1) is 0 Å². The molecule has 0 saturated carbocycles. The van der Waals surface area contributed by atoms with E-state index in [1.165, 1.54) is 17.9 Å². The summed E-state index contributed by atoms with van der Waals surface area (Å²) in [6, 6.07) is 0.0976. The molecule has 0 aliphatic carbocycles. The van der Waals surface area contributed by atoms with Crippen molar-refractivity contribution in [2.45, 2.75) is 25.3 Å². The topological polar surface area (TPSA) is 66.3 Å². The number of carboxylic acid groups (broad SMARTS) is 1. The van der Waals surface area contributed by atoms with Crippen molar-refractivity contribution < 1.29 is 9.90 Å². The number of aromatic nitrogens is 2. The minimum atomic E-state index is -0.744. The summed E-state index contributed by atoms with van der Waals surface area (Å²) in [6.45, 7) is 0.896. The van der Waals surface area contributed by atoms with Gasteiger partial charge in [0.15, 0.2) is 0 Å². The van der Waals surface area contributed by atoms with E-state index in [0.717, 1.165) is 24.5 Å². The molecule has 1 aromatic heterocycles. The summed E-state index contributed by atoms with van der Waals surface area (Å²) in [5, 5.41) is 9.57. The molecule has 6 heteroatoms. The maximum Gasteiger partial charge on any atom is 0.305 e. The Labute approximate surface area is 85.6 Å². The van der Waals surface area contributed by atoms with Crippen LogP contribution in [0.4, 0.5) is 5.13 Å². The van der Waals surface area contributed by atoms with E-state index >= 15 is 0 Å². The Hall–Kier alpha value is -1.17. The molecule has 1 unspecified atom stereocenters. The fraction of sp³-hybridized carbons (Fsp3) is 0.625. The van der Waals surface area contributed by atoms with Crippen LogP contribution in [0.2, 0.25) is 0 Å². The van der Waals surface area contributed by atoms with Crippen LogP contribution in [0, 0.1) is 0 Å². The van der Waals surface area contributed by atoms with Gasteiger partial charge in [-0.1, -0.05) is 0 Å². The zero-order valence-corrected chi connectivity index (χ0v) is 8.40. The Morgan fingerprint density at radius 1 is 1.79 bits per heavy atom. The minimum absolute atomic E-state index is 0.0976. The fourth-order valence-electron chi connectivity index (χ4n) is 1.80. The molecule has 0 amide bonds. The number of aliphatic carboxylic acids is 1. The molecular formula is C8H11N3O2S. The second kappa shape index (κ2) is 3.91. The number of anilines is 1. The molecule has 0 bridgehead atoms. The monoisotopic (exact) mass is 213 g/mol. The van der Waals surface area contributed by atoms with E-state index in [2.05, 4.69) is 9.36 Å². The number of hydrogen-bond donors (Lipinski definition) is 1. The lowest BCUT2D eigenvalue weighted by Crippen LogP contribution is -2.30. The third-order valence-electron chi connectivity index (χ3n) is 2.38. The van der Waals surface area contributed by atoms with Crippen molar-refractivity contribution in [1.29, 1.82) is 0 Å². The van der Waals surface area contributed by atoms with E-state index in [1.54, 1.807) is 0 Å². The van der Waals surface area contributed by atoms with Gasteiger partial charge in [-0.3, -0.25) is 4.79 Å². The second-order valence-electron chi connectivity index (χ2n) is 3.31. The van der Waals surface area contributed by atoms with Crippen molar-refractivity contribution in [2.24, 2.45) is 0 Å². The Morgan fingerprint density at radius 3 is 3.29 bits per heavy atom.